The summed E-state index contributed by atoms with van der Waals surface area (Å²) >= 11 is 1.61. The van der Waals surface area contributed by atoms with Crippen LogP contribution >= 0.6 is 11.3 Å². The van der Waals surface area contributed by atoms with Gasteiger partial charge in [-0.05, 0) is 47.0 Å². The SMILES string of the molecule is CC(NC(=O)Cc1ccsc1)c1ccncc1. The number of pyridine rings is 1. The minimum absolute atomic E-state index is 0.0177. The van der Waals surface area contributed by atoms with E-state index in [1.165, 1.54) is 0 Å². The maximum absolute atomic E-state index is 11.8. The van der Waals surface area contributed by atoms with E-state index in [4.69, 9.17) is 0 Å². The summed E-state index contributed by atoms with van der Waals surface area (Å²) < 4.78 is 0. The molecule has 1 amide bonds. The molecule has 0 fully saturated rings. The molecule has 0 saturated heterocycles. The van der Waals surface area contributed by atoms with Crippen molar-refractivity contribution in [3.05, 3.63) is 52.5 Å². The topological polar surface area (TPSA) is 42.0 Å². The van der Waals surface area contributed by atoms with E-state index < -0.39 is 0 Å². The molecule has 0 spiro atoms. The van der Waals surface area contributed by atoms with Gasteiger partial charge in [0.1, 0.15) is 0 Å². The van der Waals surface area contributed by atoms with Crippen LogP contribution in [0.2, 0.25) is 0 Å². The predicted octanol–water partition coefficient (Wildman–Crippen LogP) is 2.56. The first-order valence-corrected chi connectivity index (χ1v) is 6.40. The van der Waals surface area contributed by atoms with Gasteiger partial charge in [-0.15, -0.1) is 0 Å². The van der Waals surface area contributed by atoms with Crippen LogP contribution in [-0.2, 0) is 11.2 Å². The molecule has 4 heteroatoms. The third-order valence-corrected chi connectivity index (χ3v) is 3.26. The van der Waals surface area contributed by atoms with Crippen molar-refractivity contribution in [1.29, 1.82) is 0 Å². The van der Waals surface area contributed by atoms with Gasteiger partial charge in [0.2, 0.25) is 5.91 Å². The lowest BCUT2D eigenvalue weighted by atomic mass is 10.1. The smallest absolute Gasteiger partial charge is 0.224 e. The van der Waals surface area contributed by atoms with Crippen LogP contribution in [0.3, 0.4) is 0 Å². The average Bonchev–Trinajstić information content (AvgIpc) is 2.82. The van der Waals surface area contributed by atoms with Crippen molar-refractivity contribution < 1.29 is 4.79 Å². The Bertz CT molecular complexity index is 467. The second-order valence-electron chi connectivity index (χ2n) is 3.88. The van der Waals surface area contributed by atoms with Crippen molar-refractivity contribution in [2.45, 2.75) is 19.4 Å². The third kappa shape index (κ3) is 3.39. The van der Waals surface area contributed by atoms with Gasteiger partial charge in [-0.1, -0.05) is 0 Å². The minimum Gasteiger partial charge on any atom is -0.349 e. The van der Waals surface area contributed by atoms with Crippen LogP contribution in [0.1, 0.15) is 24.1 Å². The molecule has 2 heterocycles. The van der Waals surface area contributed by atoms with Gasteiger partial charge in [0, 0.05) is 12.4 Å². The van der Waals surface area contributed by atoms with E-state index in [0.717, 1.165) is 11.1 Å². The molecule has 0 radical (unpaired) electrons. The Hall–Kier alpha value is -1.68. The molecule has 0 bridgehead atoms. The summed E-state index contributed by atoms with van der Waals surface area (Å²) in [5.74, 6) is 0.0488. The van der Waals surface area contributed by atoms with Crippen LogP contribution in [0.25, 0.3) is 0 Å². The molecule has 3 nitrogen and oxygen atoms in total. The van der Waals surface area contributed by atoms with Crippen LogP contribution in [0.15, 0.2) is 41.4 Å². The summed E-state index contributed by atoms with van der Waals surface area (Å²) in [4.78, 5) is 15.7. The summed E-state index contributed by atoms with van der Waals surface area (Å²) in [6.45, 7) is 1.97. The zero-order valence-electron chi connectivity index (χ0n) is 9.59. The van der Waals surface area contributed by atoms with Gasteiger partial charge in [-0.25, -0.2) is 0 Å². The van der Waals surface area contributed by atoms with Crippen LogP contribution < -0.4 is 5.32 Å². The van der Waals surface area contributed by atoms with Gasteiger partial charge in [-0.3, -0.25) is 9.78 Å². The third-order valence-electron chi connectivity index (χ3n) is 2.53. The Morgan fingerprint density at radius 3 is 2.82 bits per heavy atom. The first-order valence-electron chi connectivity index (χ1n) is 5.46. The highest BCUT2D eigenvalue weighted by atomic mass is 32.1. The number of rotatable bonds is 4. The molecule has 17 heavy (non-hydrogen) atoms. The van der Waals surface area contributed by atoms with Gasteiger partial charge in [0.15, 0.2) is 0 Å². The van der Waals surface area contributed by atoms with Crippen molar-refractivity contribution >= 4 is 17.2 Å². The van der Waals surface area contributed by atoms with Gasteiger partial charge in [-0.2, -0.15) is 11.3 Å². The first-order chi connectivity index (χ1) is 8.25. The zero-order chi connectivity index (χ0) is 12.1. The number of carbonyl (C=O) groups excluding carboxylic acids is 1. The molecule has 0 aliphatic rings. The van der Waals surface area contributed by atoms with Gasteiger partial charge in [0.05, 0.1) is 12.5 Å². The standard InChI is InChI=1S/C13H14N2OS/c1-10(12-2-5-14-6-3-12)15-13(16)8-11-4-7-17-9-11/h2-7,9-10H,8H2,1H3,(H,15,16). The molecule has 1 unspecified atom stereocenters. The number of nitrogens with one attached hydrogen (secondary N) is 1. The number of aromatic nitrogens is 1. The molecular formula is C13H14N2OS. The van der Waals surface area contributed by atoms with Crippen LogP contribution in [0, 0.1) is 0 Å². The lowest BCUT2D eigenvalue weighted by Gasteiger charge is -2.13. The highest BCUT2D eigenvalue weighted by Gasteiger charge is 2.09. The number of amides is 1. The maximum Gasteiger partial charge on any atom is 0.224 e. The Morgan fingerprint density at radius 2 is 2.18 bits per heavy atom. The van der Waals surface area contributed by atoms with Crippen molar-refractivity contribution in [3.8, 4) is 0 Å². The fourth-order valence-corrected chi connectivity index (χ4v) is 2.28. The first kappa shape index (κ1) is 11.8. The molecule has 0 aliphatic carbocycles. The largest absolute Gasteiger partial charge is 0.349 e. The van der Waals surface area contributed by atoms with Crippen LogP contribution in [-0.4, -0.2) is 10.9 Å². The Kier molecular flexibility index (Phi) is 3.88. The molecule has 88 valence electrons. The second kappa shape index (κ2) is 5.59. The van der Waals surface area contributed by atoms with Crippen molar-refractivity contribution in [1.82, 2.24) is 10.3 Å². The van der Waals surface area contributed by atoms with Gasteiger partial charge in [0.25, 0.3) is 0 Å². The molecule has 1 N–H and O–H groups in total. The van der Waals surface area contributed by atoms with E-state index in [-0.39, 0.29) is 11.9 Å². The maximum atomic E-state index is 11.8. The number of thiophene rings is 1. The molecule has 2 rings (SSSR count). The fourth-order valence-electron chi connectivity index (χ4n) is 1.61. The van der Waals surface area contributed by atoms with Crippen molar-refractivity contribution in [2.24, 2.45) is 0 Å². The number of nitrogens with zero attached hydrogens (tertiary/aromatic N) is 1. The predicted molar refractivity (Wildman–Crippen MR) is 68.8 cm³/mol. The van der Waals surface area contributed by atoms with Crippen LogP contribution in [0.5, 0.6) is 0 Å². The summed E-state index contributed by atoms with van der Waals surface area (Å²) in [5, 5.41) is 6.95. The van der Waals surface area contributed by atoms with Gasteiger partial charge >= 0.3 is 0 Å². The fraction of sp³-hybridized carbons (Fsp3) is 0.231. The molecule has 0 aromatic carbocycles. The Balaban J connectivity index is 1.91. The molecule has 2 aromatic rings. The molecule has 0 saturated carbocycles. The highest BCUT2D eigenvalue weighted by Crippen LogP contribution is 2.11. The van der Waals surface area contributed by atoms with Crippen LogP contribution in [0.4, 0.5) is 0 Å². The highest BCUT2D eigenvalue weighted by molar-refractivity contribution is 7.07. The van der Waals surface area contributed by atoms with Crippen molar-refractivity contribution in [3.63, 3.8) is 0 Å². The Labute approximate surface area is 105 Å². The monoisotopic (exact) mass is 246 g/mol. The zero-order valence-corrected chi connectivity index (χ0v) is 10.4. The Morgan fingerprint density at radius 1 is 1.41 bits per heavy atom. The lowest BCUT2D eigenvalue weighted by molar-refractivity contribution is -0.121. The molecular weight excluding hydrogens is 232 g/mol. The quantitative estimate of drug-likeness (QED) is 0.901. The minimum atomic E-state index is 0.0177. The van der Waals surface area contributed by atoms with E-state index in [2.05, 4.69) is 10.3 Å². The average molecular weight is 246 g/mol. The van der Waals surface area contributed by atoms with E-state index in [1.807, 2.05) is 35.9 Å². The number of hydrogen-bond donors (Lipinski definition) is 1. The summed E-state index contributed by atoms with van der Waals surface area (Å²) in [7, 11) is 0. The molecule has 1 atom stereocenters. The molecule has 2 aromatic heterocycles. The van der Waals surface area contributed by atoms with E-state index in [1.54, 1.807) is 23.7 Å². The van der Waals surface area contributed by atoms with E-state index in [9.17, 15) is 4.79 Å². The summed E-state index contributed by atoms with van der Waals surface area (Å²) in [6.07, 6.45) is 3.91. The lowest BCUT2D eigenvalue weighted by Crippen LogP contribution is -2.27. The van der Waals surface area contributed by atoms with Crippen molar-refractivity contribution in [2.75, 3.05) is 0 Å². The van der Waals surface area contributed by atoms with E-state index in [0.29, 0.717) is 6.42 Å². The summed E-state index contributed by atoms with van der Waals surface area (Å²) in [5.41, 5.74) is 2.13. The van der Waals surface area contributed by atoms with E-state index >= 15 is 0 Å². The summed E-state index contributed by atoms with van der Waals surface area (Å²) in [6, 6.07) is 5.82. The molecule has 0 aliphatic heterocycles. The normalized spacial score (nSPS) is 12.1. The van der Waals surface area contributed by atoms with Gasteiger partial charge < -0.3 is 5.32 Å². The second-order valence-corrected chi connectivity index (χ2v) is 4.66. The number of hydrogen-bond acceptors (Lipinski definition) is 3. The number of carbonyl (C=O) groups is 1.